The third-order valence-corrected chi connectivity index (χ3v) is 7.85. The van der Waals surface area contributed by atoms with Gasteiger partial charge in [-0.05, 0) is 78.4 Å². The fraction of sp³-hybridized carbons (Fsp3) is 0.458. The Balaban J connectivity index is 2.01. The first kappa shape index (κ1) is 25.0. The Labute approximate surface area is 195 Å². The van der Waals surface area contributed by atoms with Crippen molar-refractivity contribution in [1.29, 1.82) is 5.26 Å². The highest BCUT2D eigenvalue weighted by Crippen LogP contribution is 2.32. The van der Waals surface area contributed by atoms with Gasteiger partial charge in [0.1, 0.15) is 27.5 Å². The van der Waals surface area contributed by atoms with Gasteiger partial charge in [0.2, 0.25) is 0 Å². The maximum Gasteiger partial charge on any atom is 0.259 e. The van der Waals surface area contributed by atoms with Gasteiger partial charge >= 0.3 is 0 Å². The van der Waals surface area contributed by atoms with Crippen LogP contribution in [0.25, 0.3) is 11.1 Å². The van der Waals surface area contributed by atoms with Gasteiger partial charge in [0.05, 0.1) is 11.7 Å². The van der Waals surface area contributed by atoms with Gasteiger partial charge in [-0.25, -0.2) is 18.7 Å². The van der Waals surface area contributed by atoms with Crippen LogP contribution in [0, 0.1) is 17.1 Å². The minimum atomic E-state index is -3.22. The van der Waals surface area contributed by atoms with Crippen LogP contribution in [0.1, 0.15) is 56.4 Å². The van der Waals surface area contributed by atoms with Crippen LogP contribution in [0.5, 0.6) is 0 Å². The highest BCUT2D eigenvalue weighted by atomic mass is 32.2. The van der Waals surface area contributed by atoms with Crippen molar-refractivity contribution in [2.75, 3.05) is 19.6 Å². The lowest BCUT2D eigenvalue weighted by atomic mass is 9.88. The van der Waals surface area contributed by atoms with E-state index in [1.165, 1.54) is 18.3 Å². The third-order valence-electron chi connectivity index (χ3n) is 6.02. The van der Waals surface area contributed by atoms with E-state index in [9.17, 15) is 18.7 Å². The number of halogens is 1. The van der Waals surface area contributed by atoms with Crippen molar-refractivity contribution in [2.24, 2.45) is 9.50 Å². The Morgan fingerprint density at radius 2 is 2.18 bits per heavy atom. The average molecular weight is 472 g/mol. The number of hydrogen-bond donors (Lipinski definition) is 1. The largest absolute Gasteiger partial charge is 0.302 e. The first-order valence-corrected chi connectivity index (χ1v) is 12.8. The molecular weight excluding hydrogens is 441 g/mol. The zero-order chi connectivity index (χ0) is 24.2. The average Bonchev–Trinajstić information content (AvgIpc) is 2.79. The predicted molar refractivity (Wildman–Crippen MR) is 127 cm³/mol. The van der Waals surface area contributed by atoms with E-state index < -0.39 is 21.6 Å². The van der Waals surface area contributed by atoms with Crippen molar-refractivity contribution in [3.8, 4) is 17.2 Å². The number of benzene rings is 1. The molecule has 1 saturated heterocycles. The van der Waals surface area contributed by atoms with Crippen LogP contribution in [0.3, 0.4) is 0 Å². The molecule has 1 aliphatic rings. The Hall–Kier alpha value is -2.67. The second kappa shape index (κ2) is 10.5. The summed E-state index contributed by atoms with van der Waals surface area (Å²) in [6.07, 6.45) is 2.83. The van der Waals surface area contributed by atoms with Gasteiger partial charge in [-0.15, -0.1) is 4.36 Å². The van der Waals surface area contributed by atoms with Crippen molar-refractivity contribution >= 4 is 15.8 Å². The quantitative estimate of drug-likeness (QED) is 0.689. The molecule has 0 spiro atoms. The summed E-state index contributed by atoms with van der Waals surface area (Å²) in [6, 6.07) is 7.94. The highest BCUT2D eigenvalue weighted by molar-refractivity contribution is 7.92. The number of rotatable bonds is 6. The third kappa shape index (κ3) is 6.02. The Morgan fingerprint density at radius 1 is 1.42 bits per heavy atom. The van der Waals surface area contributed by atoms with Crippen LogP contribution in [0.15, 0.2) is 34.8 Å². The van der Waals surface area contributed by atoms with Gasteiger partial charge < -0.3 is 4.90 Å². The minimum absolute atomic E-state index is 0.0711. The molecule has 0 saturated carbocycles. The first-order valence-electron chi connectivity index (χ1n) is 11.1. The van der Waals surface area contributed by atoms with Crippen LogP contribution in [-0.2, 0) is 21.1 Å². The van der Waals surface area contributed by atoms with E-state index in [0.717, 1.165) is 19.5 Å². The molecule has 2 N–H and O–H groups in total. The van der Waals surface area contributed by atoms with Crippen LogP contribution < -0.4 is 5.14 Å². The fourth-order valence-corrected chi connectivity index (χ4v) is 5.74. The van der Waals surface area contributed by atoms with E-state index >= 15 is 0 Å². The molecule has 2 unspecified atom stereocenters. The zero-order valence-corrected chi connectivity index (χ0v) is 20.1. The van der Waals surface area contributed by atoms with Gasteiger partial charge in [0.25, 0.3) is 5.91 Å². The number of hydrogen-bond acceptors (Lipinski definition) is 5. The number of nitriles is 1. The maximum atomic E-state index is 14.5. The smallest absolute Gasteiger partial charge is 0.259 e. The molecule has 1 amide bonds. The molecule has 0 bridgehead atoms. The fourth-order valence-electron chi connectivity index (χ4n) is 4.28. The molecule has 1 aromatic carbocycles. The monoisotopic (exact) mass is 471 g/mol. The molecule has 2 heterocycles. The molecule has 3 rings (SSSR count). The van der Waals surface area contributed by atoms with Gasteiger partial charge in [0, 0.05) is 12.7 Å². The number of pyridine rings is 1. The van der Waals surface area contributed by atoms with E-state index in [-0.39, 0.29) is 23.3 Å². The molecule has 2 atom stereocenters. The summed E-state index contributed by atoms with van der Waals surface area (Å²) in [5, 5.41) is 14.9. The summed E-state index contributed by atoms with van der Waals surface area (Å²) in [6.45, 7) is 8.14. The number of aromatic nitrogens is 1. The van der Waals surface area contributed by atoms with Gasteiger partial charge in [0.15, 0.2) is 0 Å². The lowest BCUT2D eigenvalue weighted by Crippen LogP contribution is -2.44. The molecule has 9 heteroatoms. The number of amides is 1. The van der Waals surface area contributed by atoms with Crippen LogP contribution in [0.4, 0.5) is 4.39 Å². The summed E-state index contributed by atoms with van der Waals surface area (Å²) in [5.74, 6) is -1.11. The molecule has 2 aromatic rings. The van der Waals surface area contributed by atoms with Crippen molar-refractivity contribution < 1.29 is 13.4 Å². The van der Waals surface area contributed by atoms with Crippen molar-refractivity contribution in [2.45, 2.75) is 51.2 Å². The van der Waals surface area contributed by atoms with E-state index in [2.05, 4.69) is 14.2 Å². The molecule has 33 heavy (non-hydrogen) atoms. The normalized spacial score (nSPS) is 18.5. The van der Waals surface area contributed by atoms with Crippen LogP contribution in [-0.4, -0.2) is 44.9 Å². The van der Waals surface area contributed by atoms with Crippen molar-refractivity contribution in [1.82, 2.24) is 9.88 Å². The Morgan fingerprint density at radius 3 is 2.85 bits per heavy atom. The topological polar surface area (TPSA) is 112 Å². The Bertz CT molecular complexity index is 1200. The number of nitrogens with zero attached hydrogens (tertiary/aromatic N) is 4. The number of carbonyl (C=O) groups excluding carboxylic acids is 1. The standard InChI is InChI=1S/C24H30FN5O2S/c1-4-30-9-5-6-20(15-30)33(27,32)29-24(31)13-23-21(16(2)3)11-18(25)12-22(23)17-7-8-28-19(10-17)14-26/h7-8,10-12,16,20H,4-6,9,13,15H2,1-3H3,(H2,27,29,31,32). The second-order valence-corrected chi connectivity index (χ2v) is 10.7. The molecule has 1 aromatic heterocycles. The lowest BCUT2D eigenvalue weighted by molar-refractivity contribution is -0.117. The minimum Gasteiger partial charge on any atom is -0.302 e. The Kier molecular flexibility index (Phi) is 7.95. The number of likely N-dealkylation sites (tertiary alicyclic amines) is 1. The molecule has 1 aliphatic heterocycles. The molecule has 7 nitrogen and oxygen atoms in total. The van der Waals surface area contributed by atoms with E-state index in [0.29, 0.717) is 35.2 Å². The highest BCUT2D eigenvalue weighted by Gasteiger charge is 2.27. The maximum absolute atomic E-state index is 14.5. The van der Waals surface area contributed by atoms with Crippen LogP contribution >= 0.6 is 0 Å². The number of carbonyl (C=O) groups is 1. The van der Waals surface area contributed by atoms with E-state index in [1.54, 1.807) is 12.1 Å². The summed E-state index contributed by atoms with van der Waals surface area (Å²) in [5.41, 5.74) is 2.49. The summed E-state index contributed by atoms with van der Waals surface area (Å²) < 4.78 is 31.6. The second-order valence-electron chi connectivity index (χ2n) is 8.65. The van der Waals surface area contributed by atoms with Crippen LogP contribution in [0.2, 0.25) is 0 Å². The zero-order valence-electron chi connectivity index (χ0n) is 19.3. The molecule has 176 valence electrons. The molecule has 1 fully saturated rings. The summed E-state index contributed by atoms with van der Waals surface area (Å²) in [4.78, 5) is 19.1. The molecule has 0 aliphatic carbocycles. The summed E-state index contributed by atoms with van der Waals surface area (Å²) >= 11 is 0. The van der Waals surface area contributed by atoms with Crippen molar-refractivity contribution in [3.05, 3.63) is 53.1 Å². The summed E-state index contributed by atoms with van der Waals surface area (Å²) in [7, 11) is -3.22. The SMILES string of the molecule is CCN1CCCC(S(N)(=O)=NC(=O)Cc2c(-c3ccnc(C#N)c3)cc(F)cc2C(C)C)C1. The van der Waals surface area contributed by atoms with Gasteiger partial charge in [-0.1, -0.05) is 20.8 Å². The van der Waals surface area contributed by atoms with E-state index in [1.807, 2.05) is 26.8 Å². The first-order chi connectivity index (χ1) is 15.6. The lowest BCUT2D eigenvalue weighted by Gasteiger charge is -2.31. The van der Waals surface area contributed by atoms with Crippen molar-refractivity contribution in [3.63, 3.8) is 0 Å². The molecular formula is C24H30FN5O2S. The van der Waals surface area contributed by atoms with E-state index in [4.69, 9.17) is 5.14 Å². The van der Waals surface area contributed by atoms with Gasteiger partial charge in [-0.3, -0.25) is 4.79 Å². The van der Waals surface area contributed by atoms with Gasteiger partial charge in [-0.2, -0.15) is 5.26 Å². The number of piperidine rings is 1. The number of nitrogens with two attached hydrogens (primary N) is 1. The molecule has 0 radical (unpaired) electrons. The predicted octanol–water partition coefficient (Wildman–Crippen LogP) is 3.78.